The molecule has 2 N–H and O–H groups in total. The third-order valence-corrected chi connectivity index (χ3v) is 5.17. The van der Waals surface area contributed by atoms with Gasteiger partial charge in [-0.1, -0.05) is 42.5 Å². The molecular weight excluding hydrogens is 404 g/mol. The van der Waals surface area contributed by atoms with Crippen molar-refractivity contribution in [2.24, 2.45) is 0 Å². The van der Waals surface area contributed by atoms with Gasteiger partial charge in [-0.15, -0.1) is 0 Å². The summed E-state index contributed by atoms with van der Waals surface area (Å²) in [5.41, 5.74) is 2.84. The van der Waals surface area contributed by atoms with Crippen molar-refractivity contribution in [3.05, 3.63) is 94.9 Å². The van der Waals surface area contributed by atoms with Crippen LogP contribution in [0.1, 0.15) is 5.69 Å². The molecule has 2 heterocycles. The Morgan fingerprint density at radius 3 is 2.19 bits per heavy atom. The number of fused-ring (bicyclic) bond motifs is 2. The van der Waals surface area contributed by atoms with Gasteiger partial charge in [-0.25, -0.2) is 9.97 Å². The average molecular weight is 422 g/mol. The topological polar surface area (TPSA) is 106 Å². The fourth-order valence-electron chi connectivity index (χ4n) is 3.69. The van der Waals surface area contributed by atoms with E-state index in [2.05, 4.69) is 25.6 Å². The number of hydrogen-bond acceptors (Lipinski definition) is 7. The molecule has 0 amide bonds. The molecule has 5 aromatic rings. The van der Waals surface area contributed by atoms with E-state index < -0.39 is 4.92 Å². The maximum absolute atomic E-state index is 12.0. The van der Waals surface area contributed by atoms with Crippen LogP contribution in [-0.2, 0) is 0 Å². The molecule has 0 aliphatic rings. The number of aryl methyl sites for hydroxylation is 1. The van der Waals surface area contributed by atoms with E-state index in [0.717, 1.165) is 33.1 Å². The molecule has 8 nitrogen and oxygen atoms in total. The second-order valence-corrected chi connectivity index (χ2v) is 7.28. The first kappa shape index (κ1) is 19.4. The highest BCUT2D eigenvalue weighted by Crippen LogP contribution is 2.36. The van der Waals surface area contributed by atoms with Gasteiger partial charge in [-0.3, -0.25) is 15.1 Å². The Morgan fingerprint density at radius 1 is 0.781 bits per heavy atom. The zero-order chi connectivity index (χ0) is 22.1. The van der Waals surface area contributed by atoms with Crippen LogP contribution < -0.4 is 10.6 Å². The number of hydrogen-bond donors (Lipinski definition) is 2. The van der Waals surface area contributed by atoms with Crippen molar-refractivity contribution in [1.82, 2.24) is 15.0 Å². The largest absolute Gasteiger partial charge is 0.353 e. The Kier molecular flexibility index (Phi) is 4.79. The molecule has 0 bridgehead atoms. The van der Waals surface area contributed by atoms with Gasteiger partial charge in [0.05, 0.1) is 10.4 Å². The summed E-state index contributed by atoms with van der Waals surface area (Å²) < 4.78 is 0. The van der Waals surface area contributed by atoms with Gasteiger partial charge in [0.2, 0.25) is 11.6 Å². The van der Waals surface area contributed by atoms with Gasteiger partial charge in [0.25, 0.3) is 0 Å². The fraction of sp³-hybridized carbons (Fsp3) is 0.0417. The monoisotopic (exact) mass is 422 g/mol. The van der Waals surface area contributed by atoms with Gasteiger partial charge in [-0.05, 0) is 42.6 Å². The van der Waals surface area contributed by atoms with E-state index >= 15 is 0 Å². The Balaban J connectivity index is 1.58. The van der Waals surface area contributed by atoms with Gasteiger partial charge in [0.1, 0.15) is 6.33 Å². The van der Waals surface area contributed by atoms with E-state index in [1.54, 1.807) is 0 Å². The molecule has 0 aliphatic heterocycles. The third kappa shape index (κ3) is 3.54. The molecule has 156 valence electrons. The minimum absolute atomic E-state index is 0.0980. The van der Waals surface area contributed by atoms with Crippen molar-refractivity contribution >= 4 is 50.4 Å². The maximum atomic E-state index is 12.0. The molecule has 0 radical (unpaired) electrons. The van der Waals surface area contributed by atoms with Gasteiger partial charge in [0, 0.05) is 27.8 Å². The lowest BCUT2D eigenvalue weighted by Gasteiger charge is -2.13. The number of anilines is 4. The predicted molar refractivity (Wildman–Crippen MR) is 126 cm³/mol. The molecule has 0 unspecified atom stereocenters. The SMILES string of the molecule is Cc1ccc2c(Nc3ncnc(Nc4cccc5ccccc45)c3[N+](=O)[O-])cccc2n1. The van der Waals surface area contributed by atoms with Gasteiger partial charge in [0.15, 0.2) is 0 Å². The molecule has 5 rings (SSSR count). The van der Waals surface area contributed by atoms with Gasteiger partial charge in [-0.2, -0.15) is 0 Å². The Morgan fingerprint density at radius 2 is 1.44 bits per heavy atom. The summed E-state index contributed by atoms with van der Waals surface area (Å²) >= 11 is 0. The van der Waals surface area contributed by atoms with Crippen LogP contribution in [0.4, 0.5) is 28.7 Å². The minimum Gasteiger partial charge on any atom is -0.334 e. The van der Waals surface area contributed by atoms with Gasteiger partial charge >= 0.3 is 5.69 Å². The average Bonchev–Trinajstić information content (AvgIpc) is 2.79. The first-order chi connectivity index (χ1) is 15.6. The summed E-state index contributed by atoms with van der Waals surface area (Å²) in [5.74, 6) is 0.207. The van der Waals surface area contributed by atoms with Crippen LogP contribution in [0.25, 0.3) is 21.7 Å². The Hall–Kier alpha value is -4.59. The molecule has 0 spiro atoms. The number of rotatable bonds is 5. The Bertz CT molecular complexity index is 1480. The molecule has 8 heteroatoms. The van der Waals surface area contributed by atoms with E-state index in [1.165, 1.54) is 6.33 Å². The fourth-order valence-corrected chi connectivity index (χ4v) is 3.69. The summed E-state index contributed by atoms with van der Waals surface area (Å²) in [6, 6.07) is 23.0. The van der Waals surface area contributed by atoms with E-state index in [0.29, 0.717) is 5.69 Å². The lowest BCUT2D eigenvalue weighted by Crippen LogP contribution is -2.06. The van der Waals surface area contributed by atoms with Gasteiger partial charge < -0.3 is 10.6 Å². The van der Waals surface area contributed by atoms with Crippen molar-refractivity contribution in [1.29, 1.82) is 0 Å². The molecule has 0 saturated carbocycles. The quantitative estimate of drug-likeness (QED) is 0.269. The standard InChI is InChI=1S/C24H18N6O2/c1-15-12-13-18-20(27-15)10-5-11-21(18)29-24-22(30(31)32)23(25-14-26-24)28-19-9-4-7-16-6-2-3-8-17(16)19/h2-14H,1H3,(H2,25,26,28,29). The highest BCUT2D eigenvalue weighted by Gasteiger charge is 2.24. The van der Waals surface area contributed by atoms with Crippen molar-refractivity contribution in [2.75, 3.05) is 10.6 Å². The molecule has 0 atom stereocenters. The van der Waals surface area contributed by atoms with E-state index in [9.17, 15) is 10.1 Å². The van der Waals surface area contributed by atoms with Crippen molar-refractivity contribution in [3.63, 3.8) is 0 Å². The summed E-state index contributed by atoms with van der Waals surface area (Å²) in [4.78, 5) is 24.4. The minimum atomic E-state index is -0.483. The highest BCUT2D eigenvalue weighted by atomic mass is 16.6. The van der Waals surface area contributed by atoms with Crippen molar-refractivity contribution in [3.8, 4) is 0 Å². The zero-order valence-electron chi connectivity index (χ0n) is 17.1. The number of nitrogens with one attached hydrogen (secondary N) is 2. The number of pyridine rings is 1. The number of nitrogens with zero attached hydrogens (tertiary/aromatic N) is 4. The first-order valence-electron chi connectivity index (χ1n) is 9.98. The predicted octanol–water partition coefficient (Wildman–Crippen LogP) is 5.88. The van der Waals surface area contributed by atoms with Crippen LogP contribution in [-0.4, -0.2) is 19.9 Å². The van der Waals surface area contributed by atoms with E-state index in [4.69, 9.17) is 0 Å². The Labute approximate surface area is 183 Å². The summed E-state index contributed by atoms with van der Waals surface area (Å²) in [5, 5.41) is 21.1. The van der Waals surface area contributed by atoms with Crippen LogP contribution in [0, 0.1) is 17.0 Å². The molecule has 32 heavy (non-hydrogen) atoms. The summed E-state index contributed by atoms with van der Waals surface area (Å²) in [6.07, 6.45) is 1.30. The summed E-state index contributed by atoms with van der Waals surface area (Å²) in [6.45, 7) is 1.92. The number of nitro groups is 1. The normalized spacial score (nSPS) is 10.9. The van der Waals surface area contributed by atoms with Crippen LogP contribution >= 0.6 is 0 Å². The highest BCUT2D eigenvalue weighted by molar-refractivity contribution is 5.97. The molecule has 0 aliphatic carbocycles. The molecule has 0 saturated heterocycles. The molecule has 3 aromatic carbocycles. The van der Waals surface area contributed by atoms with Crippen LogP contribution in [0.2, 0.25) is 0 Å². The molecule has 2 aromatic heterocycles. The van der Waals surface area contributed by atoms with Crippen molar-refractivity contribution in [2.45, 2.75) is 6.92 Å². The molecule has 0 fully saturated rings. The first-order valence-corrected chi connectivity index (χ1v) is 9.98. The van der Waals surface area contributed by atoms with Crippen LogP contribution in [0.3, 0.4) is 0 Å². The second-order valence-electron chi connectivity index (χ2n) is 7.28. The summed E-state index contributed by atoms with van der Waals surface area (Å²) in [7, 11) is 0. The van der Waals surface area contributed by atoms with E-state index in [1.807, 2.05) is 79.7 Å². The van der Waals surface area contributed by atoms with Crippen LogP contribution in [0.15, 0.2) is 79.1 Å². The molecular formula is C24H18N6O2. The zero-order valence-corrected chi connectivity index (χ0v) is 17.1. The number of aromatic nitrogens is 3. The third-order valence-electron chi connectivity index (χ3n) is 5.17. The smallest absolute Gasteiger partial charge is 0.334 e. The number of benzene rings is 3. The second kappa shape index (κ2) is 7.92. The van der Waals surface area contributed by atoms with Crippen LogP contribution in [0.5, 0.6) is 0 Å². The van der Waals surface area contributed by atoms with Crippen molar-refractivity contribution < 1.29 is 4.92 Å². The lowest BCUT2D eigenvalue weighted by atomic mass is 10.1. The lowest BCUT2D eigenvalue weighted by molar-refractivity contribution is -0.383. The maximum Gasteiger partial charge on any atom is 0.353 e. The van der Waals surface area contributed by atoms with E-state index in [-0.39, 0.29) is 17.3 Å².